The molecule has 1 aromatic rings. The number of hydrogen-bond donors (Lipinski definition) is 1. The molecule has 1 N–H and O–H groups in total. The number of halogens is 2. The fourth-order valence-corrected chi connectivity index (χ4v) is 1.48. The Bertz CT molecular complexity index is 469. The number of alkyl halides is 1. The summed E-state index contributed by atoms with van der Waals surface area (Å²) < 4.78 is -0.200. The largest absolute Gasteiger partial charge is 0.319 e. The maximum Gasteiger partial charge on any atom is 0.293 e. The van der Waals surface area contributed by atoms with E-state index < -0.39 is 9.25 Å². The second-order valence-electron chi connectivity index (χ2n) is 3.85. The molecule has 1 aromatic carbocycles. The minimum atomic E-state index is -0.784. The molecule has 0 spiro atoms. The molecule has 0 saturated carbocycles. The molecule has 0 aromatic heterocycles. The van der Waals surface area contributed by atoms with E-state index in [-0.39, 0.29) is 17.3 Å². The molecule has 0 aliphatic rings. The van der Waals surface area contributed by atoms with Gasteiger partial charge in [0.15, 0.2) is 0 Å². The lowest BCUT2D eigenvalue weighted by molar-refractivity contribution is -0.384. The molecular formula is C10H10Br2N2O3. The van der Waals surface area contributed by atoms with Crippen molar-refractivity contribution in [2.75, 3.05) is 5.32 Å². The van der Waals surface area contributed by atoms with Gasteiger partial charge in [-0.05, 0) is 26.0 Å². The van der Waals surface area contributed by atoms with E-state index in [1.807, 2.05) is 0 Å². The predicted molar refractivity (Wildman–Crippen MR) is 72.4 cm³/mol. The number of benzene rings is 1. The SMILES string of the molecule is CC(C)(Br)C(=O)Nc1ccc(Br)cc1[N+](=O)[O-]. The third kappa shape index (κ3) is 3.78. The fraction of sp³-hybridized carbons (Fsp3) is 0.300. The van der Waals surface area contributed by atoms with Gasteiger partial charge >= 0.3 is 0 Å². The average Bonchev–Trinajstić information content (AvgIpc) is 2.18. The number of rotatable bonds is 3. The van der Waals surface area contributed by atoms with Gasteiger partial charge in [-0.25, -0.2) is 0 Å². The van der Waals surface area contributed by atoms with E-state index in [0.29, 0.717) is 4.47 Å². The van der Waals surface area contributed by atoms with E-state index in [0.717, 1.165) is 0 Å². The number of nitrogens with zero attached hydrogens (tertiary/aromatic N) is 1. The number of carbonyl (C=O) groups is 1. The van der Waals surface area contributed by atoms with Gasteiger partial charge in [-0.3, -0.25) is 14.9 Å². The molecule has 1 rings (SSSR count). The van der Waals surface area contributed by atoms with Gasteiger partial charge in [0.25, 0.3) is 5.69 Å². The summed E-state index contributed by atoms with van der Waals surface area (Å²) in [6, 6.07) is 4.46. The smallest absolute Gasteiger partial charge is 0.293 e. The van der Waals surface area contributed by atoms with Gasteiger partial charge in [0.1, 0.15) is 5.69 Å². The first-order valence-corrected chi connectivity index (χ1v) is 6.24. The summed E-state index contributed by atoms with van der Waals surface area (Å²) in [5, 5.41) is 13.3. The van der Waals surface area contributed by atoms with Gasteiger partial charge < -0.3 is 5.32 Å². The van der Waals surface area contributed by atoms with Gasteiger partial charge in [0.05, 0.1) is 9.25 Å². The first kappa shape index (κ1) is 14.1. The van der Waals surface area contributed by atoms with E-state index in [1.54, 1.807) is 19.9 Å². The van der Waals surface area contributed by atoms with Gasteiger partial charge in [0.2, 0.25) is 5.91 Å². The normalized spacial score (nSPS) is 11.1. The minimum absolute atomic E-state index is 0.149. The van der Waals surface area contributed by atoms with Gasteiger partial charge in [0, 0.05) is 10.5 Å². The summed E-state index contributed by atoms with van der Waals surface area (Å²) >= 11 is 6.33. The Morgan fingerprint density at radius 1 is 1.47 bits per heavy atom. The van der Waals surface area contributed by atoms with Crippen LogP contribution in [0.2, 0.25) is 0 Å². The molecule has 0 radical (unpaired) electrons. The molecule has 0 atom stereocenters. The van der Waals surface area contributed by atoms with Crippen LogP contribution in [0, 0.1) is 10.1 Å². The lowest BCUT2D eigenvalue weighted by atomic mass is 10.2. The predicted octanol–water partition coefficient (Wildman–Crippen LogP) is 3.47. The molecule has 0 bridgehead atoms. The Hall–Kier alpha value is -0.950. The molecular weight excluding hydrogens is 356 g/mol. The number of hydrogen-bond acceptors (Lipinski definition) is 3. The van der Waals surface area contributed by atoms with Crippen LogP contribution < -0.4 is 5.32 Å². The summed E-state index contributed by atoms with van der Waals surface area (Å²) in [6.07, 6.45) is 0. The van der Waals surface area contributed by atoms with Crippen LogP contribution in [0.15, 0.2) is 22.7 Å². The third-order valence-electron chi connectivity index (χ3n) is 1.94. The van der Waals surface area contributed by atoms with Crippen molar-refractivity contribution in [3.05, 3.63) is 32.8 Å². The zero-order chi connectivity index (χ0) is 13.2. The van der Waals surface area contributed by atoms with Gasteiger partial charge in [-0.2, -0.15) is 0 Å². The molecule has 0 heterocycles. The molecule has 0 aliphatic carbocycles. The van der Waals surface area contributed by atoms with Crippen molar-refractivity contribution in [1.29, 1.82) is 0 Å². The number of anilines is 1. The second kappa shape index (κ2) is 5.14. The maximum absolute atomic E-state index is 11.7. The van der Waals surface area contributed by atoms with Crippen molar-refractivity contribution < 1.29 is 9.72 Å². The summed E-state index contributed by atoms with van der Waals surface area (Å²) in [4.78, 5) is 22.0. The fourth-order valence-electron chi connectivity index (χ4n) is 1.03. The van der Waals surface area contributed by atoms with Crippen molar-refractivity contribution in [2.45, 2.75) is 18.2 Å². The Morgan fingerprint density at radius 3 is 2.53 bits per heavy atom. The standard InChI is InChI=1S/C10H10Br2N2O3/c1-10(2,12)9(15)13-7-4-3-6(11)5-8(7)14(16)17/h3-5H,1-2H3,(H,13,15). The van der Waals surface area contributed by atoms with Crippen LogP contribution in [0.5, 0.6) is 0 Å². The highest BCUT2D eigenvalue weighted by atomic mass is 79.9. The topological polar surface area (TPSA) is 72.2 Å². The quantitative estimate of drug-likeness (QED) is 0.506. The van der Waals surface area contributed by atoms with Crippen molar-refractivity contribution in [2.24, 2.45) is 0 Å². The molecule has 17 heavy (non-hydrogen) atoms. The summed E-state index contributed by atoms with van der Waals surface area (Å²) in [6.45, 7) is 3.32. The van der Waals surface area contributed by atoms with Crippen LogP contribution in [-0.4, -0.2) is 15.2 Å². The van der Waals surface area contributed by atoms with Crippen LogP contribution in [-0.2, 0) is 4.79 Å². The highest BCUT2D eigenvalue weighted by molar-refractivity contribution is 9.10. The first-order chi connectivity index (χ1) is 7.71. The van der Waals surface area contributed by atoms with E-state index in [2.05, 4.69) is 37.2 Å². The Labute approximate surface area is 115 Å². The van der Waals surface area contributed by atoms with E-state index in [9.17, 15) is 14.9 Å². The van der Waals surface area contributed by atoms with Gasteiger partial charge in [-0.15, -0.1) is 0 Å². The molecule has 5 nitrogen and oxygen atoms in total. The average molecular weight is 366 g/mol. The third-order valence-corrected chi connectivity index (χ3v) is 2.80. The highest BCUT2D eigenvalue weighted by Gasteiger charge is 2.26. The van der Waals surface area contributed by atoms with Crippen molar-refractivity contribution in [1.82, 2.24) is 0 Å². The summed E-state index contributed by atoms with van der Waals surface area (Å²) in [7, 11) is 0. The zero-order valence-electron chi connectivity index (χ0n) is 9.16. The zero-order valence-corrected chi connectivity index (χ0v) is 12.3. The van der Waals surface area contributed by atoms with Crippen LogP contribution in [0.3, 0.4) is 0 Å². The Kier molecular flexibility index (Phi) is 4.26. The van der Waals surface area contributed by atoms with E-state index >= 15 is 0 Å². The lowest BCUT2D eigenvalue weighted by Gasteiger charge is -2.15. The number of nitro groups is 1. The number of nitro benzene ring substituents is 1. The van der Waals surface area contributed by atoms with Crippen LogP contribution in [0.1, 0.15) is 13.8 Å². The summed E-state index contributed by atoms with van der Waals surface area (Å²) in [5.74, 6) is -0.345. The monoisotopic (exact) mass is 364 g/mol. The molecule has 0 fully saturated rings. The molecule has 0 aliphatic heterocycles. The maximum atomic E-state index is 11.7. The van der Waals surface area contributed by atoms with E-state index in [1.165, 1.54) is 12.1 Å². The molecule has 1 amide bonds. The highest BCUT2D eigenvalue weighted by Crippen LogP contribution is 2.29. The van der Waals surface area contributed by atoms with Gasteiger partial charge in [-0.1, -0.05) is 31.9 Å². The van der Waals surface area contributed by atoms with Crippen LogP contribution >= 0.6 is 31.9 Å². The van der Waals surface area contributed by atoms with Crippen LogP contribution in [0.25, 0.3) is 0 Å². The number of amides is 1. The molecule has 0 saturated heterocycles. The van der Waals surface area contributed by atoms with E-state index in [4.69, 9.17) is 0 Å². The second-order valence-corrected chi connectivity index (χ2v) is 6.74. The van der Waals surface area contributed by atoms with Crippen molar-refractivity contribution in [3.8, 4) is 0 Å². The summed E-state index contributed by atoms with van der Waals surface area (Å²) in [5.41, 5.74) is 0.0280. The molecule has 0 unspecified atom stereocenters. The first-order valence-electron chi connectivity index (χ1n) is 4.66. The lowest BCUT2D eigenvalue weighted by Crippen LogP contribution is -2.31. The van der Waals surface area contributed by atoms with Crippen molar-refractivity contribution in [3.63, 3.8) is 0 Å². The Morgan fingerprint density at radius 2 is 2.06 bits per heavy atom. The van der Waals surface area contributed by atoms with Crippen molar-refractivity contribution >= 4 is 49.1 Å². The number of carbonyl (C=O) groups excluding carboxylic acids is 1. The number of nitrogens with one attached hydrogen (secondary N) is 1. The Balaban J connectivity index is 3.07. The minimum Gasteiger partial charge on any atom is -0.319 e. The molecule has 7 heteroatoms. The van der Waals surface area contributed by atoms with Crippen LogP contribution in [0.4, 0.5) is 11.4 Å². The molecule has 92 valence electrons.